The van der Waals surface area contributed by atoms with Crippen LogP contribution in [0.15, 0.2) is 210 Å². The molecule has 8 N–H and O–H groups in total. The van der Waals surface area contributed by atoms with E-state index in [-0.39, 0.29) is 118 Å². The number of esters is 4. The van der Waals surface area contributed by atoms with Crippen LogP contribution in [0.4, 0.5) is 13.2 Å². The molecule has 47 heteroatoms. The number of carbonyl (C=O) groups excluding carboxylic acids is 4. The fourth-order valence-corrected chi connectivity index (χ4v) is 18.9. The Labute approximate surface area is 825 Å². The quantitative estimate of drug-likeness (QED) is 0.0167. The summed E-state index contributed by atoms with van der Waals surface area (Å²) in [5.41, 5.74) is 6.50. The van der Waals surface area contributed by atoms with Gasteiger partial charge in [0.05, 0.1) is 124 Å². The minimum Gasteiger partial charge on any atom is -0.480 e. The Hall–Kier alpha value is -11.1. The van der Waals surface area contributed by atoms with Gasteiger partial charge in [0.2, 0.25) is 0 Å². The average molecular weight is 2140 g/mol. The van der Waals surface area contributed by atoms with Crippen molar-refractivity contribution in [1.29, 1.82) is 0 Å². The molecule has 8 unspecified atom stereocenters. The van der Waals surface area contributed by atoms with Gasteiger partial charge in [0.25, 0.3) is 5.89 Å². The number of thiophene rings is 1. The number of carboxylic acid groups (broad SMARTS) is 4. The number of amidine groups is 4. The van der Waals surface area contributed by atoms with Gasteiger partial charge in [-0.3, -0.25) is 58.7 Å². The number of morpholine rings is 4. The van der Waals surface area contributed by atoms with E-state index in [0.29, 0.717) is 150 Å². The molecule has 16 rings (SSSR count). The molecule has 8 aliphatic heterocycles. The molecule has 0 amide bonds. The third-order valence-electron chi connectivity index (χ3n) is 21.9. The molecule has 0 bridgehead atoms. The Morgan fingerprint density at radius 2 is 0.825 bits per heavy atom. The van der Waals surface area contributed by atoms with E-state index in [1.807, 2.05) is 17.5 Å². The zero-order valence-electron chi connectivity index (χ0n) is 73.2. The topological polar surface area (TPSA) is 454 Å². The van der Waals surface area contributed by atoms with Crippen LogP contribution < -0.4 is 21.3 Å². The highest BCUT2D eigenvalue weighted by Crippen LogP contribution is 2.44. The first kappa shape index (κ1) is 103. The van der Waals surface area contributed by atoms with Crippen LogP contribution in [0.3, 0.4) is 0 Å². The van der Waals surface area contributed by atoms with E-state index in [2.05, 4.69) is 68.1 Å². The maximum atomic E-state index is 13.8. The van der Waals surface area contributed by atoms with Crippen molar-refractivity contribution in [2.24, 2.45) is 20.0 Å². The van der Waals surface area contributed by atoms with E-state index in [1.54, 1.807) is 89.2 Å². The van der Waals surface area contributed by atoms with Gasteiger partial charge in [-0.2, -0.15) is 0 Å². The summed E-state index contributed by atoms with van der Waals surface area (Å²) in [7, 11) is 0. The summed E-state index contributed by atoms with van der Waals surface area (Å²) in [6, 6.07) is 17.2. The normalized spacial score (nSPS) is 21.0. The molecule has 4 saturated heterocycles. The van der Waals surface area contributed by atoms with Crippen molar-refractivity contribution >= 4 is 172 Å². The molecule has 4 fully saturated rings. The molecule has 36 nitrogen and oxygen atoms in total. The van der Waals surface area contributed by atoms with Crippen LogP contribution in [0, 0.1) is 17.5 Å². The lowest BCUT2D eigenvalue weighted by atomic mass is 9.94. The first-order valence-electron chi connectivity index (χ1n) is 42.5. The Morgan fingerprint density at radius 3 is 1.19 bits per heavy atom. The van der Waals surface area contributed by atoms with E-state index < -0.39 is 114 Å². The second-order valence-electron chi connectivity index (χ2n) is 30.5. The van der Waals surface area contributed by atoms with Gasteiger partial charge in [-0.25, -0.2) is 42.3 Å². The number of ether oxygens (including phenoxy) is 8. The molecule has 8 aliphatic rings. The third-order valence-corrected chi connectivity index (χ3v) is 26.1. The maximum Gasteiger partial charge on any atom is 0.338 e. The van der Waals surface area contributed by atoms with E-state index in [1.165, 1.54) is 89.9 Å². The number of aromatic nitrogens is 2. The summed E-state index contributed by atoms with van der Waals surface area (Å²) in [4.78, 5) is 135. The van der Waals surface area contributed by atoms with Gasteiger partial charge in [0.15, 0.2) is 23.3 Å². The van der Waals surface area contributed by atoms with Crippen molar-refractivity contribution in [3.8, 4) is 0 Å². The van der Waals surface area contributed by atoms with Crippen molar-refractivity contribution in [1.82, 2.24) is 50.8 Å². The summed E-state index contributed by atoms with van der Waals surface area (Å²) < 4.78 is 96.3. The number of furan rings is 1. The molecular formula is C90H89Br2Cl4F3N14O22S2. The summed E-state index contributed by atoms with van der Waals surface area (Å²) in [5, 5.41) is 54.1. The highest BCUT2D eigenvalue weighted by Gasteiger charge is 2.44. The molecule has 12 heterocycles. The zero-order valence-corrected chi connectivity index (χ0v) is 81.0. The van der Waals surface area contributed by atoms with Crippen LogP contribution in [0.5, 0.6) is 0 Å². The van der Waals surface area contributed by atoms with Crippen LogP contribution in [-0.2, 0) is 76.3 Å². The number of aliphatic carboxylic acids is 4. The Bertz CT molecular complexity index is 5630. The van der Waals surface area contributed by atoms with Crippen LogP contribution in [0.25, 0.3) is 0 Å². The van der Waals surface area contributed by atoms with E-state index in [4.69, 9.17) is 108 Å². The molecule has 8 aromatic rings. The standard InChI is InChI=1S/C23H23BrFN3O6.C23H23ClFN3O5S.C22H22BrFN4O6.C22H21Cl3N4O5S/c1-2-33-23(31)19-16(11-28-7-9-32-12-17(28)22(29)30)26-21(18-4-3-8-34-18)27-20(19)14-6-5-13(25)10-15(14)24;1-2-33-23(31)19-16(11-28-7-8-32-12-17(28)22(29)30)26-21(18-4-3-9-34-18)27-20(19)14-6-5-13(25)10-15(14)24;1-2-33-22(31)17-15(10-28-6-8-32-11-16(28)21(29)30)26-19(20-25-5-7-34-20)27-18(17)13-4-3-12(24)9-14(13)23;1-2-34-22(32)16-14(8-29-5-6-33-9-15(29)21(30)31)27-20(18-19(25)35-10-26-18)28-17(16)12-4-3-11(23)7-13(12)24/h3-6,8,10,17,20H,2,7,9,11-12H2,1H3,(H,26,27)(H,29,30);3-6,9-10,17,20H,2,7-8,11-12H2,1H3,(H,26,27)(H,29,30);3-5,7,9,16,18H,2,6,8,10-11H2,1H3,(H,26,27)(H,29,30);3-4,7,10,15,17H,2,5-6,8-9H2,1H3,(H,27,28)(H,30,31). The van der Waals surface area contributed by atoms with E-state index in [0.717, 1.165) is 4.88 Å². The molecule has 137 heavy (non-hydrogen) atoms. The number of carboxylic acids is 4. The maximum absolute atomic E-state index is 13.8. The number of thiazole rings is 1. The number of hydrogen-bond acceptors (Lipinski definition) is 34. The van der Waals surface area contributed by atoms with Crippen LogP contribution in [-0.4, -0.2) is 277 Å². The largest absolute Gasteiger partial charge is 0.480 e. The number of hydrogen-bond donors (Lipinski definition) is 8. The molecule has 4 aromatic heterocycles. The summed E-state index contributed by atoms with van der Waals surface area (Å²) in [6.45, 7) is 10.7. The molecule has 0 spiro atoms. The molecule has 0 saturated carbocycles. The molecule has 4 aromatic carbocycles. The predicted octanol–water partition coefficient (Wildman–Crippen LogP) is 12.2. The van der Waals surface area contributed by atoms with Gasteiger partial charge in [0.1, 0.15) is 87.9 Å². The lowest BCUT2D eigenvalue weighted by Crippen LogP contribution is -2.52. The van der Waals surface area contributed by atoms with E-state index >= 15 is 0 Å². The Morgan fingerprint density at radius 1 is 0.445 bits per heavy atom. The van der Waals surface area contributed by atoms with Gasteiger partial charge in [0, 0.05) is 110 Å². The first-order chi connectivity index (χ1) is 65.9. The molecular weight excluding hydrogens is 2050 g/mol. The van der Waals surface area contributed by atoms with Gasteiger partial charge >= 0.3 is 47.8 Å². The number of rotatable bonds is 28. The predicted molar refractivity (Wildman–Crippen MR) is 502 cm³/mol. The molecule has 726 valence electrons. The van der Waals surface area contributed by atoms with Gasteiger partial charge in [-0.15, -0.1) is 22.7 Å². The van der Waals surface area contributed by atoms with Gasteiger partial charge < -0.3 is 88.4 Å². The zero-order chi connectivity index (χ0) is 97.8. The van der Waals surface area contributed by atoms with Crippen molar-refractivity contribution in [3.63, 3.8) is 0 Å². The number of nitrogens with one attached hydrogen (secondary N) is 4. The first-order valence-corrected chi connectivity index (χ1v) is 47.4. The van der Waals surface area contributed by atoms with Crippen LogP contribution >= 0.6 is 101 Å². The number of halogens is 9. The fourth-order valence-electron chi connectivity index (χ4n) is 15.5. The highest BCUT2D eigenvalue weighted by molar-refractivity contribution is 9.10. The third kappa shape index (κ3) is 25.5. The lowest BCUT2D eigenvalue weighted by molar-refractivity contribution is -0.150. The number of carbonyl (C=O) groups is 8. The number of oxazole rings is 1. The van der Waals surface area contributed by atoms with Gasteiger partial charge in [-0.1, -0.05) is 109 Å². The van der Waals surface area contributed by atoms with Crippen molar-refractivity contribution < 1.29 is 119 Å². The average Bonchev–Trinajstić information content (AvgIpc) is 1.13. The smallest absolute Gasteiger partial charge is 0.338 e. The number of nitrogens with zero attached hydrogens (tertiary/aromatic N) is 10. The lowest BCUT2D eigenvalue weighted by Gasteiger charge is -2.35. The Balaban J connectivity index is 0.000000154. The highest BCUT2D eigenvalue weighted by atomic mass is 79.9. The number of benzene rings is 4. The fraction of sp³-hybridized carbons (Fsp3) is 0.356. The number of aliphatic imine (C=N–C) groups is 4. The molecule has 8 atom stereocenters. The molecule has 0 aliphatic carbocycles. The minimum atomic E-state index is -1.03. The summed E-state index contributed by atoms with van der Waals surface area (Å²) in [5.74, 6) is -5.89. The molecule has 0 radical (unpaired) electrons. The minimum absolute atomic E-state index is 0.0188. The summed E-state index contributed by atoms with van der Waals surface area (Å²) >= 11 is 34.8. The monoisotopic (exact) mass is 2140 g/mol. The van der Waals surface area contributed by atoms with Crippen LogP contribution in [0.2, 0.25) is 19.4 Å². The van der Waals surface area contributed by atoms with Crippen molar-refractivity contribution in [2.45, 2.75) is 76.0 Å². The van der Waals surface area contributed by atoms with Crippen molar-refractivity contribution in [3.05, 3.63) is 262 Å². The van der Waals surface area contributed by atoms with E-state index in [9.17, 15) is 72.0 Å². The SMILES string of the molecule is CCOC(=O)C1=C(CN2CCOCC2C(=O)O)NC(c2ccco2)=NC1c1ccc(F)cc1Br.CCOC(=O)C1=C(CN2CCOCC2C(=O)O)NC(c2cccs2)=NC1c1ccc(F)cc1Cl.CCOC(=O)C1=C(CN2CCOCC2C(=O)O)NC(c2ncco2)=NC1c1ccc(F)cc1Br.CCOC(=O)C1=C(CN2CCOCC2C(=O)O)NC(c2ncsc2Cl)=NC1c1ccc(Cl)cc1Cl. The second-order valence-corrected chi connectivity index (χ2v) is 35.9. The van der Waals surface area contributed by atoms with Crippen molar-refractivity contribution in [2.75, 3.05) is 132 Å². The van der Waals surface area contributed by atoms with Gasteiger partial charge in [-0.05, 0) is 111 Å². The summed E-state index contributed by atoms with van der Waals surface area (Å²) in [6.07, 6.45) is 4.33. The second kappa shape index (κ2) is 48.5. The Kier molecular flexibility index (Phi) is 36.5. The van der Waals surface area contributed by atoms with Crippen LogP contribution in [0.1, 0.15) is 96.3 Å².